The van der Waals surface area contributed by atoms with Gasteiger partial charge in [0, 0.05) is 16.9 Å². The van der Waals surface area contributed by atoms with Crippen molar-refractivity contribution in [2.24, 2.45) is 5.73 Å². The van der Waals surface area contributed by atoms with Crippen LogP contribution in [0.5, 0.6) is 0 Å². The topological polar surface area (TPSA) is 84.2 Å². The number of hydrogen-bond acceptors (Lipinski definition) is 3. The predicted octanol–water partition coefficient (Wildman–Crippen LogP) is 3.57. The summed E-state index contributed by atoms with van der Waals surface area (Å²) in [6.07, 6.45) is 3.41. The normalized spacial score (nSPS) is 15.1. The lowest BCUT2D eigenvalue weighted by atomic mass is 9.98. The van der Waals surface area contributed by atoms with Crippen LogP contribution in [0.25, 0.3) is 0 Å². The number of para-hydroxylation sites is 1. The predicted molar refractivity (Wildman–Crippen MR) is 102 cm³/mol. The highest BCUT2D eigenvalue weighted by Crippen LogP contribution is 2.28. The van der Waals surface area contributed by atoms with Gasteiger partial charge >= 0.3 is 0 Å². The van der Waals surface area contributed by atoms with E-state index in [1.54, 1.807) is 24.3 Å². The van der Waals surface area contributed by atoms with Gasteiger partial charge in [-0.25, -0.2) is 0 Å². The van der Waals surface area contributed by atoms with Gasteiger partial charge in [-0.15, -0.1) is 12.4 Å². The quantitative estimate of drug-likeness (QED) is 0.780. The highest BCUT2D eigenvalue weighted by Gasteiger charge is 2.36. The molecular formula is C19H22ClN3O2. The first-order chi connectivity index (χ1) is 11.6. The van der Waals surface area contributed by atoms with E-state index in [-0.39, 0.29) is 24.2 Å². The van der Waals surface area contributed by atoms with Crippen LogP contribution in [0.15, 0.2) is 54.6 Å². The minimum absolute atomic E-state index is 0. The standard InChI is InChI=1S/C19H21N3O2.ClH/c20-19(12-4-5-13-19)18(24)22-16-10-8-14(9-11-16)17(23)21-15-6-2-1-3-7-15;/h1-3,6-11H,4-5,12-13,20H2,(H,21,23)(H,22,24);1H. The van der Waals surface area contributed by atoms with Crippen LogP contribution >= 0.6 is 12.4 Å². The van der Waals surface area contributed by atoms with Crippen LogP contribution in [0.2, 0.25) is 0 Å². The fourth-order valence-electron chi connectivity index (χ4n) is 2.92. The summed E-state index contributed by atoms with van der Waals surface area (Å²) in [6.45, 7) is 0. The minimum Gasteiger partial charge on any atom is -0.324 e. The van der Waals surface area contributed by atoms with E-state index >= 15 is 0 Å². The number of halogens is 1. The Morgan fingerprint density at radius 3 is 2.00 bits per heavy atom. The maximum Gasteiger partial charge on any atom is 0.255 e. The van der Waals surface area contributed by atoms with Gasteiger partial charge in [0.05, 0.1) is 5.54 Å². The molecule has 2 aromatic rings. The Morgan fingerprint density at radius 1 is 0.840 bits per heavy atom. The summed E-state index contributed by atoms with van der Waals surface area (Å²) in [5.41, 5.74) is 7.29. The molecule has 0 heterocycles. The molecule has 0 saturated heterocycles. The Bertz CT molecular complexity index is 726. The molecule has 2 aromatic carbocycles. The van der Waals surface area contributed by atoms with Crippen LogP contribution in [0.1, 0.15) is 36.0 Å². The van der Waals surface area contributed by atoms with E-state index in [1.807, 2.05) is 30.3 Å². The summed E-state index contributed by atoms with van der Waals surface area (Å²) in [7, 11) is 0. The highest BCUT2D eigenvalue weighted by molar-refractivity contribution is 6.05. The van der Waals surface area contributed by atoms with Gasteiger partial charge in [-0.2, -0.15) is 0 Å². The lowest BCUT2D eigenvalue weighted by Gasteiger charge is -2.22. The van der Waals surface area contributed by atoms with Gasteiger partial charge in [0.2, 0.25) is 5.91 Å². The fourth-order valence-corrected chi connectivity index (χ4v) is 2.92. The largest absolute Gasteiger partial charge is 0.324 e. The number of anilines is 2. The molecule has 0 bridgehead atoms. The van der Waals surface area contributed by atoms with Crippen LogP contribution in [-0.4, -0.2) is 17.4 Å². The number of rotatable bonds is 4. The molecule has 2 amide bonds. The summed E-state index contributed by atoms with van der Waals surface area (Å²) in [4.78, 5) is 24.5. The van der Waals surface area contributed by atoms with Crippen molar-refractivity contribution in [1.29, 1.82) is 0 Å². The molecule has 25 heavy (non-hydrogen) atoms. The average molecular weight is 360 g/mol. The highest BCUT2D eigenvalue weighted by atomic mass is 35.5. The number of benzene rings is 2. The third-order valence-electron chi connectivity index (χ3n) is 4.38. The molecule has 1 fully saturated rings. The molecule has 132 valence electrons. The van der Waals surface area contributed by atoms with E-state index in [4.69, 9.17) is 5.73 Å². The summed E-state index contributed by atoms with van der Waals surface area (Å²) in [5, 5.41) is 5.67. The SMILES string of the molecule is Cl.NC1(C(=O)Nc2ccc(C(=O)Nc3ccccc3)cc2)CCCC1. The van der Waals surface area contributed by atoms with E-state index in [0.717, 1.165) is 31.4 Å². The number of hydrogen-bond donors (Lipinski definition) is 3. The molecule has 1 aliphatic rings. The van der Waals surface area contributed by atoms with Gasteiger partial charge in [0.25, 0.3) is 5.91 Å². The van der Waals surface area contributed by atoms with E-state index in [9.17, 15) is 9.59 Å². The van der Waals surface area contributed by atoms with E-state index < -0.39 is 5.54 Å². The maximum absolute atomic E-state index is 12.3. The van der Waals surface area contributed by atoms with E-state index in [2.05, 4.69) is 10.6 Å². The van der Waals surface area contributed by atoms with Crippen molar-refractivity contribution in [3.63, 3.8) is 0 Å². The van der Waals surface area contributed by atoms with E-state index in [0.29, 0.717) is 11.3 Å². The second kappa shape index (κ2) is 8.14. The molecule has 1 saturated carbocycles. The van der Waals surface area contributed by atoms with Gasteiger partial charge in [-0.05, 0) is 49.2 Å². The number of carbonyl (C=O) groups is 2. The van der Waals surface area contributed by atoms with Gasteiger partial charge in [0.15, 0.2) is 0 Å². The average Bonchev–Trinajstić information content (AvgIpc) is 3.04. The van der Waals surface area contributed by atoms with E-state index in [1.165, 1.54) is 0 Å². The lowest BCUT2D eigenvalue weighted by Crippen LogP contribution is -2.48. The van der Waals surface area contributed by atoms with Crippen LogP contribution in [-0.2, 0) is 4.79 Å². The third-order valence-corrected chi connectivity index (χ3v) is 4.38. The van der Waals surface area contributed by atoms with Crippen molar-refractivity contribution in [3.8, 4) is 0 Å². The summed E-state index contributed by atoms with van der Waals surface area (Å²) in [5.74, 6) is -0.341. The Hall–Kier alpha value is -2.37. The second-order valence-electron chi connectivity index (χ2n) is 6.21. The minimum atomic E-state index is -0.761. The monoisotopic (exact) mass is 359 g/mol. The Morgan fingerprint density at radius 2 is 1.40 bits per heavy atom. The first-order valence-corrected chi connectivity index (χ1v) is 8.14. The van der Waals surface area contributed by atoms with Crippen molar-refractivity contribution >= 4 is 35.6 Å². The molecule has 1 aliphatic carbocycles. The molecule has 6 heteroatoms. The van der Waals surface area contributed by atoms with Crippen molar-refractivity contribution in [3.05, 3.63) is 60.2 Å². The molecular weight excluding hydrogens is 338 g/mol. The molecule has 0 spiro atoms. The van der Waals surface area contributed by atoms with Crippen molar-refractivity contribution in [1.82, 2.24) is 0 Å². The van der Waals surface area contributed by atoms with Crippen LogP contribution in [0.3, 0.4) is 0 Å². The maximum atomic E-state index is 12.3. The number of nitrogens with one attached hydrogen (secondary N) is 2. The molecule has 0 radical (unpaired) electrons. The smallest absolute Gasteiger partial charge is 0.255 e. The molecule has 4 N–H and O–H groups in total. The molecule has 0 aromatic heterocycles. The Kier molecular flexibility index (Phi) is 6.17. The van der Waals surface area contributed by atoms with Crippen LogP contribution in [0.4, 0.5) is 11.4 Å². The Labute approximate surface area is 153 Å². The van der Waals surface area contributed by atoms with Crippen molar-refractivity contribution in [2.75, 3.05) is 10.6 Å². The third kappa shape index (κ3) is 4.59. The van der Waals surface area contributed by atoms with Gasteiger partial charge in [-0.3, -0.25) is 9.59 Å². The summed E-state index contributed by atoms with van der Waals surface area (Å²) in [6, 6.07) is 16.1. The first-order valence-electron chi connectivity index (χ1n) is 8.14. The number of carbonyl (C=O) groups excluding carboxylic acids is 2. The van der Waals surface area contributed by atoms with Crippen molar-refractivity contribution in [2.45, 2.75) is 31.2 Å². The van der Waals surface area contributed by atoms with Gasteiger partial charge in [-0.1, -0.05) is 31.0 Å². The van der Waals surface area contributed by atoms with Gasteiger partial charge in [0.1, 0.15) is 0 Å². The molecule has 0 aliphatic heterocycles. The van der Waals surface area contributed by atoms with Crippen LogP contribution < -0.4 is 16.4 Å². The lowest BCUT2D eigenvalue weighted by molar-refractivity contribution is -0.121. The van der Waals surface area contributed by atoms with Gasteiger partial charge < -0.3 is 16.4 Å². The summed E-state index contributed by atoms with van der Waals surface area (Å²) >= 11 is 0. The summed E-state index contributed by atoms with van der Waals surface area (Å²) < 4.78 is 0. The number of amides is 2. The second-order valence-corrected chi connectivity index (χ2v) is 6.21. The zero-order chi connectivity index (χ0) is 17.0. The molecule has 5 nitrogen and oxygen atoms in total. The molecule has 0 atom stereocenters. The van der Waals surface area contributed by atoms with Crippen LogP contribution in [0, 0.1) is 0 Å². The zero-order valence-corrected chi connectivity index (χ0v) is 14.6. The Balaban J connectivity index is 0.00000225. The first kappa shape index (κ1) is 19.0. The molecule has 0 unspecified atom stereocenters. The fraction of sp³-hybridized carbons (Fsp3) is 0.263. The number of nitrogens with two attached hydrogens (primary N) is 1. The zero-order valence-electron chi connectivity index (χ0n) is 13.8. The molecule has 3 rings (SSSR count). The van der Waals surface area contributed by atoms with Crippen molar-refractivity contribution < 1.29 is 9.59 Å².